The number of halogens is 2. The van der Waals surface area contributed by atoms with E-state index in [4.69, 9.17) is 0 Å². The van der Waals surface area contributed by atoms with Crippen LogP contribution in [0.3, 0.4) is 0 Å². The van der Waals surface area contributed by atoms with Gasteiger partial charge in [0.2, 0.25) is 0 Å². The Kier molecular flexibility index (Phi) is 13.2. The van der Waals surface area contributed by atoms with Crippen molar-refractivity contribution in [3.63, 3.8) is 0 Å². The van der Waals surface area contributed by atoms with Crippen molar-refractivity contribution in [2.75, 3.05) is 60.5 Å². The summed E-state index contributed by atoms with van der Waals surface area (Å²) in [7, 11) is 6.98. The molecule has 4 nitrogen and oxygen atoms in total. The molecule has 2 N–H and O–H groups in total. The van der Waals surface area contributed by atoms with Gasteiger partial charge >= 0.3 is 0 Å². The number of rotatable bonds is 10. The molecule has 0 unspecified atom stereocenters. The summed E-state index contributed by atoms with van der Waals surface area (Å²) in [4.78, 5) is 0. The molecule has 0 heterocycles. The first-order valence-electron chi connectivity index (χ1n) is 10.2. The maximum Gasteiger partial charge on any atom is 0.102 e. The van der Waals surface area contributed by atoms with Crippen LogP contribution in [0.5, 0.6) is 0 Å². The second kappa shape index (κ2) is 11.8. The van der Waals surface area contributed by atoms with Crippen LogP contribution >= 0.6 is 0 Å². The van der Waals surface area contributed by atoms with Crippen molar-refractivity contribution >= 4 is 0 Å². The zero-order valence-electron chi connectivity index (χ0n) is 18.9. The van der Waals surface area contributed by atoms with Gasteiger partial charge in [-0.2, -0.15) is 0 Å². The van der Waals surface area contributed by atoms with Gasteiger partial charge in [0.15, 0.2) is 0 Å². The molecule has 0 radical (unpaired) electrons. The molecule has 0 aliphatic heterocycles. The lowest BCUT2D eigenvalue weighted by Gasteiger charge is -2.50. The largest absolute Gasteiger partial charge is 1.00 e. The van der Waals surface area contributed by atoms with E-state index >= 15 is 0 Å². The number of hydrogen-bond donors (Lipinski definition) is 2. The van der Waals surface area contributed by atoms with Gasteiger partial charge < -0.3 is 53.1 Å². The maximum absolute atomic E-state index is 9.28. The maximum atomic E-state index is 9.28. The zero-order chi connectivity index (χ0) is 19.4. The van der Waals surface area contributed by atoms with E-state index in [-0.39, 0.29) is 47.2 Å². The van der Waals surface area contributed by atoms with E-state index in [1.54, 1.807) is 0 Å². The van der Waals surface area contributed by atoms with Gasteiger partial charge in [-0.25, -0.2) is 0 Å². The summed E-state index contributed by atoms with van der Waals surface area (Å²) >= 11 is 0. The molecule has 0 atom stereocenters. The summed E-state index contributed by atoms with van der Waals surface area (Å²) < 4.78 is 1.90. The van der Waals surface area contributed by atoms with Crippen LogP contribution in [0.15, 0.2) is 0 Å². The van der Waals surface area contributed by atoms with Crippen LogP contribution in [0.25, 0.3) is 0 Å². The van der Waals surface area contributed by atoms with Gasteiger partial charge in [-0.1, -0.05) is 27.7 Å². The molecule has 0 spiro atoms. The summed E-state index contributed by atoms with van der Waals surface area (Å²) in [5, 5.41) is 18.6. The summed E-state index contributed by atoms with van der Waals surface area (Å²) in [6.07, 6.45) is 6.36. The normalized spacial score (nSPS) is 19.9. The van der Waals surface area contributed by atoms with E-state index in [1.165, 1.54) is 32.2 Å². The minimum atomic E-state index is 0. The number of quaternary nitrogens is 2. The number of nitrogens with zero attached hydrogens (tertiary/aromatic N) is 2. The molecule has 0 aromatic carbocycles. The highest BCUT2D eigenvalue weighted by Crippen LogP contribution is 2.48. The van der Waals surface area contributed by atoms with Crippen LogP contribution in [0, 0.1) is 10.8 Å². The Morgan fingerprint density at radius 3 is 1.56 bits per heavy atom. The first kappa shape index (κ1) is 30.0. The Balaban J connectivity index is 0. The van der Waals surface area contributed by atoms with Gasteiger partial charge in [-0.3, -0.25) is 0 Å². The van der Waals surface area contributed by atoms with E-state index in [2.05, 4.69) is 48.8 Å². The molecule has 166 valence electrons. The number of aliphatic hydroxyl groups excluding tert-OH is 2. The minimum absolute atomic E-state index is 0. The van der Waals surface area contributed by atoms with Gasteiger partial charge in [0.25, 0.3) is 0 Å². The lowest BCUT2D eigenvalue weighted by atomic mass is 9.63. The predicted molar refractivity (Wildman–Crippen MR) is 106 cm³/mol. The third-order valence-corrected chi connectivity index (χ3v) is 6.48. The van der Waals surface area contributed by atoms with Crippen molar-refractivity contribution in [1.29, 1.82) is 0 Å². The van der Waals surface area contributed by atoms with E-state index < -0.39 is 0 Å². The van der Waals surface area contributed by atoms with Gasteiger partial charge in [0, 0.05) is 25.7 Å². The van der Waals surface area contributed by atoms with E-state index in [0.717, 1.165) is 41.1 Å². The molecule has 1 fully saturated rings. The summed E-state index contributed by atoms with van der Waals surface area (Å²) in [6, 6.07) is 0.745. The molecular weight excluding hydrogens is 472 g/mol. The van der Waals surface area contributed by atoms with Crippen LogP contribution in [-0.4, -0.2) is 85.8 Å². The first-order valence-corrected chi connectivity index (χ1v) is 10.2. The molecule has 1 aliphatic carbocycles. The Morgan fingerprint density at radius 1 is 0.741 bits per heavy atom. The standard InChI is InChI=1S/C21H46N2O2.2BrH/c1-20(2)16-19(17-21(3,4)18-20)22(5,6)10-8-9-11-23(7,12-14-24)13-15-25;;/h19,24-25H,8-18H2,1-7H3;2*1H/q+2;;/p-2. The van der Waals surface area contributed by atoms with Crippen molar-refractivity contribution in [3.05, 3.63) is 0 Å². The molecule has 0 saturated heterocycles. The Hall–Kier alpha value is 0.800. The van der Waals surface area contributed by atoms with E-state index in [1.807, 2.05) is 0 Å². The third kappa shape index (κ3) is 10.4. The Morgan fingerprint density at radius 2 is 1.15 bits per heavy atom. The molecule has 27 heavy (non-hydrogen) atoms. The topological polar surface area (TPSA) is 40.5 Å². The highest BCUT2D eigenvalue weighted by molar-refractivity contribution is 4.89. The second-order valence-corrected chi connectivity index (χ2v) is 11.0. The predicted octanol–water partition coefficient (Wildman–Crippen LogP) is -3.11. The highest BCUT2D eigenvalue weighted by atomic mass is 79.9. The van der Waals surface area contributed by atoms with E-state index in [0.29, 0.717) is 10.8 Å². The Bertz CT molecular complexity index is 393. The average molecular weight is 518 g/mol. The fraction of sp³-hybridized carbons (Fsp3) is 1.00. The van der Waals surface area contributed by atoms with E-state index in [9.17, 15) is 10.2 Å². The van der Waals surface area contributed by atoms with Gasteiger partial charge in [-0.05, 0) is 17.3 Å². The van der Waals surface area contributed by atoms with Gasteiger partial charge in [0.05, 0.1) is 53.5 Å². The lowest BCUT2D eigenvalue weighted by Crippen LogP contribution is -3.00. The van der Waals surface area contributed by atoms with Crippen LogP contribution in [0.4, 0.5) is 0 Å². The zero-order valence-corrected chi connectivity index (χ0v) is 22.1. The van der Waals surface area contributed by atoms with Crippen molar-refractivity contribution in [3.8, 4) is 0 Å². The molecule has 1 aliphatic rings. The monoisotopic (exact) mass is 516 g/mol. The molecule has 1 rings (SSSR count). The molecule has 0 amide bonds. The number of aliphatic hydroxyl groups is 2. The smallest absolute Gasteiger partial charge is 0.102 e. The van der Waals surface area contributed by atoms with Crippen molar-refractivity contribution in [2.24, 2.45) is 10.8 Å². The SMILES string of the molecule is CC1(C)CC([N+](C)(C)CCCC[N+](C)(CCO)CCO)CC(C)(C)C1.[Br-].[Br-]. The second-order valence-electron chi connectivity index (χ2n) is 11.0. The van der Waals surface area contributed by atoms with Crippen LogP contribution in [-0.2, 0) is 0 Å². The van der Waals surface area contributed by atoms with Crippen LogP contribution < -0.4 is 34.0 Å². The summed E-state index contributed by atoms with van der Waals surface area (Å²) in [5.41, 5.74) is 0.888. The fourth-order valence-electron chi connectivity index (χ4n) is 5.30. The molecule has 0 bridgehead atoms. The number of unbranched alkanes of at least 4 members (excludes halogenated alkanes) is 1. The van der Waals surface area contributed by atoms with Gasteiger partial charge in [-0.15, -0.1) is 0 Å². The first-order chi connectivity index (χ1) is 11.3. The lowest BCUT2D eigenvalue weighted by molar-refractivity contribution is -0.921. The van der Waals surface area contributed by atoms with Gasteiger partial charge in [0.1, 0.15) is 13.1 Å². The van der Waals surface area contributed by atoms with Crippen molar-refractivity contribution in [2.45, 2.75) is 65.8 Å². The average Bonchev–Trinajstić information content (AvgIpc) is 2.41. The van der Waals surface area contributed by atoms with Crippen LogP contribution in [0.2, 0.25) is 0 Å². The molecule has 1 saturated carbocycles. The summed E-state index contributed by atoms with van der Waals surface area (Å²) in [5.74, 6) is 0. The molecule has 0 aromatic heterocycles. The molecule has 6 heteroatoms. The summed E-state index contributed by atoms with van der Waals surface area (Å²) in [6.45, 7) is 13.9. The third-order valence-electron chi connectivity index (χ3n) is 6.48. The number of hydrogen-bond acceptors (Lipinski definition) is 2. The minimum Gasteiger partial charge on any atom is -1.00 e. The quantitative estimate of drug-likeness (QED) is 0.238. The van der Waals surface area contributed by atoms with Crippen LogP contribution in [0.1, 0.15) is 59.8 Å². The van der Waals surface area contributed by atoms with Crippen molar-refractivity contribution in [1.82, 2.24) is 0 Å². The molecule has 0 aromatic rings. The number of likely N-dealkylation sites (N-methyl/N-ethyl adjacent to an activating group) is 1. The fourth-order valence-corrected chi connectivity index (χ4v) is 5.30. The highest BCUT2D eigenvalue weighted by Gasteiger charge is 2.44. The Labute approximate surface area is 190 Å². The molecular formula is C21H46Br2N2O2. The van der Waals surface area contributed by atoms with Crippen molar-refractivity contribution < 1.29 is 53.1 Å².